The number of nitro benzene ring substituents is 1. The van der Waals surface area contributed by atoms with Crippen molar-refractivity contribution in [3.63, 3.8) is 0 Å². The van der Waals surface area contributed by atoms with Gasteiger partial charge in [0.05, 0.1) is 24.2 Å². The van der Waals surface area contributed by atoms with E-state index in [2.05, 4.69) is 5.32 Å². The average molecular weight is 301 g/mol. The van der Waals surface area contributed by atoms with Crippen molar-refractivity contribution in [1.82, 2.24) is 0 Å². The molecule has 1 aliphatic heterocycles. The molecule has 0 spiro atoms. The van der Waals surface area contributed by atoms with Crippen LogP contribution in [0.1, 0.15) is 19.4 Å². The minimum Gasteiger partial charge on any atom is -0.377 e. The zero-order valence-corrected chi connectivity index (χ0v) is 12.4. The SMILES string of the molecule is Cc1cc([N+](=O)[O-])c(Cl)cc1NC1COC(C)(C)OC1. The molecule has 0 radical (unpaired) electrons. The summed E-state index contributed by atoms with van der Waals surface area (Å²) in [5.74, 6) is -0.569. The smallest absolute Gasteiger partial charge is 0.288 e. The van der Waals surface area contributed by atoms with E-state index >= 15 is 0 Å². The number of nitro groups is 1. The first-order valence-corrected chi connectivity index (χ1v) is 6.65. The highest BCUT2D eigenvalue weighted by Gasteiger charge is 2.28. The Morgan fingerprint density at radius 1 is 1.40 bits per heavy atom. The van der Waals surface area contributed by atoms with Gasteiger partial charge in [0, 0.05) is 11.8 Å². The van der Waals surface area contributed by atoms with E-state index in [-0.39, 0.29) is 16.8 Å². The summed E-state index contributed by atoms with van der Waals surface area (Å²) in [6.07, 6.45) is 0. The van der Waals surface area contributed by atoms with Crippen molar-refractivity contribution in [3.8, 4) is 0 Å². The molecule has 0 aliphatic carbocycles. The fourth-order valence-corrected chi connectivity index (χ4v) is 2.19. The summed E-state index contributed by atoms with van der Waals surface area (Å²) < 4.78 is 11.1. The van der Waals surface area contributed by atoms with E-state index in [1.54, 1.807) is 13.0 Å². The number of rotatable bonds is 3. The molecule has 0 amide bonds. The summed E-state index contributed by atoms with van der Waals surface area (Å²) in [6, 6.07) is 3.01. The van der Waals surface area contributed by atoms with Gasteiger partial charge in [-0.1, -0.05) is 11.6 Å². The fraction of sp³-hybridized carbons (Fsp3) is 0.538. The highest BCUT2D eigenvalue weighted by atomic mass is 35.5. The first-order chi connectivity index (χ1) is 9.28. The largest absolute Gasteiger partial charge is 0.377 e. The Hall–Kier alpha value is -1.37. The van der Waals surface area contributed by atoms with Crippen LogP contribution in [0.25, 0.3) is 0 Å². The molecule has 1 aliphatic rings. The van der Waals surface area contributed by atoms with Gasteiger partial charge in [-0.2, -0.15) is 0 Å². The van der Waals surface area contributed by atoms with Crippen molar-refractivity contribution in [2.45, 2.75) is 32.6 Å². The van der Waals surface area contributed by atoms with E-state index in [4.69, 9.17) is 21.1 Å². The first kappa shape index (κ1) is 15.0. The Morgan fingerprint density at radius 3 is 2.55 bits per heavy atom. The van der Waals surface area contributed by atoms with Gasteiger partial charge >= 0.3 is 0 Å². The summed E-state index contributed by atoms with van der Waals surface area (Å²) in [6.45, 7) is 6.51. The number of hydrogen-bond donors (Lipinski definition) is 1. The van der Waals surface area contributed by atoms with Gasteiger partial charge in [-0.3, -0.25) is 10.1 Å². The van der Waals surface area contributed by atoms with E-state index < -0.39 is 10.7 Å². The minimum absolute atomic E-state index is 0.0146. The standard InChI is InChI=1S/C13H17ClN2O4/c1-8-4-12(16(17)18)10(14)5-11(8)15-9-6-19-13(2,3)20-7-9/h4-5,9,15H,6-7H2,1-3H3. The van der Waals surface area contributed by atoms with Crippen molar-refractivity contribution >= 4 is 23.0 Å². The highest BCUT2D eigenvalue weighted by molar-refractivity contribution is 6.33. The highest BCUT2D eigenvalue weighted by Crippen LogP contribution is 2.31. The molecule has 6 nitrogen and oxygen atoms in total. The summed E-state index contributed by atoms with van der Waals surface area (Å²) in [5, 5.41) is 14.2. The zero-order chi connectivity index (χ0) is 14.9. The summed E-state index contributed by atoms with van der Waals surface area (Å²) in [4.78, 5) is 10.3. The van der Waals surface area contributed by atoms with Gasteiger partial charge < -0.3 is 14.8 Å². The van der Waals surface area contributed by atoms with E-state index in [9.17, 15) is 10.1 Å². The molecule has 2 rings (SSSR count). The van der Waals surface area contributed by atoms with E-state index in [0.717, 1.165) is 11.3 Å². The number of nitrogens with zero attached hydrogens (tertiary/aromatic N) is 1. The summed E-state index contributed by atoms with van der Waals surface area (Å²) in [5.41, 5.74) is 1.41. The second-order valence-corrected chi connectivity index (χ2v) is 5.65. The lowest BCUT2D eigenvalue weighted by Crippen LogP contribution is -2.45. The summed E-state index contributed by atoms with van der Waals surface area (Å²) >= 11 is 5.92. The maximum absolute atomic E-state index is 10.8. The Bertz CT molecular complexity index is 523. The maximum atomic E-state index is 10.8. The molecule has 1 aromatic rings. The van der Waals surface area contributed by atoms with Crippen LogP contribution in [0, 0.1) is 17.0 Å². The quantitative estimate of drug-likeness (QED) is 0.686. The van der Waals surface area contributed by atoms with Crippen LogP contribution in [0.2, 0.25) is 5.02 Å². The summed E-state index contributed by atoms with van der Waals surface area (Å²) in [7, 11) is 0. The van der Waals surface area contributed by atoms with Crippen molar-refractivity contribution in [2.24, 2.45) is 0 Å². The Kier molecular flexibility index (Phi) is 4.17. The van der Waals surface area contributed by atoms with Crippen molar-refractivity contribution in [1.29, 1.82) is 0 Å². The van der Waals surface area contributed by atoms with Crippen molar-refractivity contribution in [2.75, 3.05) is 18.5 Å². The molecule has 1 fully saturated rings. The van der Waals surface area contributed by atoms with Gasteiger partial charge in [0.1, 0.15) is 5.02 Å². The molecule has 1 heterocycles. The molecule has 7 heteroatoms. The third kappa shape index (κ3) is 3.39. The number of ether oxygens (including phenoxy) is 2. The van der Waals surface area contributed by atoms with Gasteiger partial charge in [0.2, 0.25) is 0 Å². The maximum Gasteiger partial charge on any atom is 0.288 e. The molecule has 1 aromatic carbocycles. The molecule has 0 aromatic heterocycles. The molecule has 0 bridgehead atoms. The van der Waals surface area contributed by atoms with Gasteiger partial charge in [0.25, 0.3) is 5.69 Å². The molecule has 1 saturated heterocycles. The molecular formula is C13H17ClN2O4. The monoisotopic (exact) mass is 300 g/mol. The van der Waals surface area contributed by atoms with Crippen LogP contribution >= 0.6 is 11.6 Å². The molecule has 110 valence electrons. The lowest BCUT2D eigenvalue weighted by atomic mass is 10.1. The molecule has 0 saturated carbocycles. The number of hydrogen-bond acceptors (Lipinski definition) is 5. The Morgan fingerprint density at radius 2 is 2.00 bits per heavy atom. The predicted molar refractivity (Wildman–Crippen MR) is 76.2 cm³/mol. The molecule has 0 atom stereocenters. The van der Waals surface area contributed by atoms with Gasteiger partial charge in [-0.05, 0) is 32.4 Å². The third-order valence-electron chi connectivity index (χ3n) is 3.11. The van der Waals surface area contributed by atoms with E-state index in [0.29, 0.717) is 13.2 Å². The number of halogens is 1. The lowest BCUT2D eigenvalue weighted by molar-refractivity contribution is -0.384. The van der Waals surface area contributed by atoms with Crippen LogP contribution in [0.4, 0.5) is 11.4 Å². The lowest BCUT2D eigenvalue weighted by Gasteiger charge is -2.35. The second kappa shape index (κ2) is 5.55. The first-order valence-electron chi connectivity index (χ1n) is 6.27. The van der Waals surface area contributed by atoms with E-state index in [1.807, 2.05) is 13.8 Å². The Labute approximate surface area is 122 Å². The third-order valence-corrected chi connectivity index (χ3v) is 3.42. The van der Waals surface area contributed by atoms with Crippen molar-refractivity contribution < 1.29 is 14.4 Å². The van der Waals surface area contributed by atoms with Gasteiger partial charge in [0.15, 0.2) is 5.79 Å². The predicted octanol–water partition coefficient (Wildman–Crippen LogP) is 3.12. The molecular weight excluding hydrogens is 284 g/mol. The minimum atomic E-state index is -0.569. The van der Waals surface area contributed by atoms with Crippen LogP contribution in [0.15, 0.2) is 12.1 Å². The topological polar surface area (TPSA) is 73.6 Å². The van der Waals surface area contributed by atoms with Gasteiger partial charge in [-0.25, -0.2) is 0 Å². The van der Waals surface area contributed by atoms with Gasteiger partial charge in [-0.15, -0.1) is 0 Å². The Balaban J connectivity index is 2.11. The number of anilines is 1. The van der Waals surface area contributed by atoms with Crippen LogP contribution < -0.4 is 5.32 Å². The molecule has 20 heavy (non-hydrogen) atoms. The van der Waals surface area contributed by atoms with Crippen molar-refractivity contribution in [3.05, 3.63) is 32.8 Å². The molecule has 0 unspecified atom stereocenters. The molecule has 1 N–H and O–H groups in total. The van der Waals surface area contributed by atoms with Crippen LogP contribution in [-0.4, -0.2) is 30.0 Å². The number of nitrogens with one attached hydrogen (secondary N) is 1. The van der Waals surface area contributed by atoms with Crippen LogP contribution in [0.3, 0.4) is 0 Å². The normalized spacial score (nSPS) is 18.8. The zero-order valence-electron chi connectivity index (χ0n) is 11.6. The second-order valence-electron chi connectivity index (χ2n) is 5.24. The van der Waals surface area contributed by atoms with Crippen LogP contribution in [-0.2, 0) is 9.47 Å². The average Bonchev–Trinajstić information content (AvgIpc) is 2.35. The number of benzene rings is 1. The number of aryl methyl sites for hydroxylation is 1. The fourth-order valence-electron chi connectivity index (χ4n) is 1.96. The van der Waals surface area contributed by atoms with Crippen LogP contribution in [0.5, 0.6) is 0 Å². The van der Waals surface area contributed by atoms with E-state index in [1.165, 1.54) is 6.07 Å².